The van der Waals surface area contributed by atoms with Crippen molar-refractivity contribution in [3.63, 3.8) is 0 Å². The number of ether oxygens (including phenoxy) is 1. The number of amides is 2. The Morgan fingerprint density at radius 3 is 2.88 bits per heavy atom. The zero-order valence-corrected chi connectivity index (χ0v) is 15.1. The molecule has 5 nitrogen and oxygen atoms in total. The zero-order chi connectivity index (χ0) is 17.6. The van der Waals surface area contributed by atoms with Gasteiger partial charge in [0.05, 0.1) is 24.8 Å². The first kappa shape index (κ1) is 17.5. The molecule has 2 amide bonds. The van der Waals surface area contributed by atoms with Crippen molar-refractivity contribution in [3.8, 4) is 5.75 Å². The Morgan fingerprint density at radius 2 is 2.12 bits per heavy atom. The minimum absolute atomic E-state index is 0.00116. The molecule has 0 saturated carbocycles. The van der Waals surface area contributed by atoms with Gasteiger partial charge < -0.3 is 15.0 Å². The van der Waals surface area contributed by atoms with Gasteiger partial charge in [0.15, 0.2) is 0 Å². The van der Waals surface area contributed by atoms with E-state index in [1.54, 1.807) is 29.5 Å². The maximum atomic E-state index is 12.6. The van der Waals surface area contributed by atoms with E-state index in [2.05, 4.69) is 11.4 Å². The van der Waals surface area contributed by atoms with Crippen molar-refractivity contribution in [2.45, 2.75) is 25.8 Å². The molecule has 0 spiro atoms. The molecule has 2 heterocycles. The Bertz CT molecular complexity index is 730. The van der Waals surface area contributed by atoms with Crippen molar-refractivity contribution in [1.29, 1.82) is 0 Å². The second-order valence-corrected chi connectivity index (χ2v) is 6.85. The Kier molecular flexibility index (Phi) is 5.71. The maximum absolute atomic E-state index is 12.6. The van der Waals surface area contributed by atoms with Gasteiger partial charge in [-0.25, -0.2) is 0 Å². The molecule has 1 aliphatic rings. The molecule has 0 radical (unpaired) electrons. The van der Waals surface area contributed by atoms with Crippen LogP contribution in [0, 0.1) is 0 Å². The molecule has 1 aromatic carbocycles. The van der Waals surface area contributed by atoms with Gasteiger partial charge in [0.1, 0.15) is 5.75 Å². The molecule has 1 fully saturated rings. The van der Waals surface area contributed by atoms with Gasteiger partial charge in [-0.1, -0.05) is 18.2 Å². The summed E-state index contributed by atoms with van der Waals surface area (Å²) in [6.07, 6.45) is 1.97. The molecule has 25 heavy (non-hydrogen) atoms. The summed E-state index contributed by atoms with van der Waals surface area (Å²) < 4.78 is 5.48. The first-order chi connectivity index (χ1) is 12.2. The number of hydrogen-bond donors (Lipinski definition) is 1. The largest absolute Gasteiger partial charge is 0.493 e. The van der Waals surface area contributed by atoms with Gasteiger partial charge in [0, 0.05) is 11.4 Å². The summed E-state index contributed by atoms with van der Waals surface area (Å²) in [5.74, 6) is 0.204. The summed E-state index contributed by atoms with van der Waals surface area (Å²) in [5, 5.41) is 4.76. The molecule has 0 bridgehead atoms. The number of carbonyl (C=O) groups is 2. The Hall–Kier alpha value is -2.34. The van der Waals surface area contributed by atoms with Crippen molar-refractivity contribution < 1.29 is 14.3 Å². The Labute approximate surface area is 151 Å². The molecule has 0 aliphatic carbocycles. The lowest BCUT2D eigenvalue weighted by molar-refractivity contribution is -0.131. The van der Waals surface area contributed by atoms with Crippen LogP contribution in [0.1, 0.15) is 41.0 Å². The van der Waals surface area contributed by atoms with E-state index < -0.39 is 0 Å². The topological polar surface area (TPSA) is 58.6 Å². The molecule has 1 unspecified atom stereocenters. The molecule has 1 saturated heterocycles. The molecule has 2 aromatic rings. The molecule has 1 atom stereocenters. The van der Waals surface area contributed by atoms with E-state index in [-0.39, 0.29) is 24.4 Å². The molecule has 1 N–H and O–H groups in total. The van der Waals surface area contributed by atoms with Gasteiger partial charge in [-0.15, -0.1) is 11.3 Å². The molecule has 132 valence electrons. The van der Waals surface area contributed by atoms with Crippen LogP contribution in [-0.2, 0) is 4.79 Å². The third kappa shape index (κ3) is 4.02. The van der Waals surface area contributed by atoms with Crippen LogP contribution in [-0.4, -0.2) is 36.4 Å². The highest BCUT2D eigenvalue weighted by atomic mass is 32.1. The lowest BCUT2D eigenvalue weighted by atomic mass is 10.2. The van der Waals surface area contributed by atoms with Crippen molar-refractivity contribution in [2.24, 2.45) is 0 Å². The van der Waals surface area contributed by atoms with E-state index in [4.69, 9.17) is 4.74 Å². The van der Waals surface area contributed by atoms with Crippen LogP contribution in [0.25, 0.3) is 0 Å². The number of carbonyl (C=O) groups excluding carboxylic acids is 2. The van der Waals surface area contributed by atoms with Crippen molar-refractivity contribution in [2.75, 3.05) is 19.7 Å². The predicted octanol–water partition coefficient (Wildman–Crippen LogP) is 3.24. The number of para-hydroxylation sites is 1. The van der Waals surface area contributed by atoms with Gasteiger partial charge in [-0.05, 0) is 43.3 Å². The standard InChI is InChI=1S/C19H22N2O3S/c1-2-24-16-9-4-3-7-14(16)19(23)20-13-18(22)21-11-5-8-15(21)17-10-6-12-25-17/h3-4,6-7,9-10,12,15H,2,5,8,11,13H2,1H3,(H,20,23). The molecule has 6 heteroatoms. The van der Waals surface area contributed by atoms with Crippen LogP contribution in [0.15, 0.2) is 41.8 Å². The van der Waals surface area contributed by atoms with Crippen LogP contribution in [0.2, 0.25) is 0 Å². The van der Waals surface area contributed by atoms with Gasteiger partial charge >= 0.3 is 0 Å². The van der Waals surface area contributed by atoms with Crippen LogP contribution >= 0.6 is 11.3 Å². The molecular weight excluding hydrogens is 336 g/mol. The Morgan fingerprint density at radius 1 is 1.28 bits per heavy atom. The molecule has 3 rings (SSSR count). The van der Waals surface area contributed by atoms with E-state index in [0.717, 1.165) is 19.4 Å². The first-order valence-electron chi connectivity index (χ1n) is 8.53. The summed E-state index contributed by atoms with van der Waals surface area (Å²) in [6.45, 7) is 3.10. The lowest BCUT2D eigenvalue weighted by Gasteiger charge is -2.24. The number of likely N-dealkylation sites (tertiary alicyclic amines) is 1. The van der Waals surface area contributed by atoms with Crippen molar-refractivity contribution >= 4 is 23.2 Å². The average molecular weight is 358 g/mol. The highest BCUT2D eigenvalue weighted by Gasteiger charge is 2.30. The smallest absolute Gasteiger partial charge is 0.255 e. The fraction of sp³-hybridized carbons (Fsp3) is 0.368. The van der Waals surface area contributed by atoms with Crippen LogP contribution < -0.4 is 10.1 Å². The van der Waals surface area contributed by atoms with E-state index in [9.17, 15) is 9.59 Å². The maximum Gasteiger partial charge on any atom is 0.255 e. The molecule has 1 aliphatic heterocycles. The number of hydrogen-bond acceptors (Lipinski definition) is 4. The zero-order valence-electron chi connectivity index (χ0n) is 14.2. The Balaban J connectivity index is 1.61. The highest BCUT2D eigenvalue weighted by Crippen LogP contribution is 2.34. The predicted molar refractivity (Wildman–Crippen MR) is 98.0 cm³/mol. The van der Waals surface area contributed by atoms with Crippen LogP contribution in [0.5, 0.6) is 5.75 Å². The van der Waals surface area contributed by atoms with E-state index >= 15 is 0 Å². The fourth-order valence-corrected chi connectivity index (χ4v) is 4.00. The fourth-order valence-electron chi connectivity index (χ4n) is 3.13. The third-order valence-corrected chi connectivity index (χ3v) is 5.25. The minimum Gasteiger partial charge on any atom is -0.493 e. The number of nitrogens with one attached hydrogen (secondary N) is 1. The summed E-state index contributed by atoms with van der Waals surface area (Å²) in [5.41, 5.74) is 0.452. The van der Waals surface area contributed by atoms with Crippen LogP contribution in [0.3, 0.4) is 0 Å². The molecule has 1 aromatic heterocycles. The van der Waals surface area contributed by atoms with Gasteiger partial charge in [0.2, 0.25) is 5.91 Å². The van der Waals surface area contributed by atoms with E-state index in [1.807, 2.05) is 29.3 Å². The second kappa shape index (κ2) is 8.16. The summed E-state index contributed by atoms with van der Waals surface area (Å²) >= 11 is 1.67. The SMILES string of the molecule is CCOc1ccccc1C(=O)NCC(=O)N1CCCC1c1cccs1. The summed E-state index contributed by atoms with van der Waals surface area (Å²) in [4.78, 5) is 28.1. The van der Waals surface area contributed by atoms with Gasteiger partial charge in [-0.2, -0.15) is 0 Å². The average Bonchev–Trinajstić information content (AvgIpc) is 3.31. The minimum atomic E-state index is -0.288. The summed E-state index contributed by atoms with van der Waals surface area (Å²) in [7, 11) is 0. The monoisotopic (exact) mass is 358 g/mol. The van der Waals surface area contributed by atoms with E-state index in [1.165, 1.54) is 4.88 Å². The third-order valence-electron chi connectivity index (χ3n) is 4.28. The second-order valence-electron chi connectivity index (χ2n) is 5.87. The quantitative estimate of drug-likeness (QED) is 0.862. The number of thiophene rings is 1. The van der Waals surface area contributed by atoms with Crippen molar-refractivity contribution in [1.82, 2.24) is 10.2 Å². The number of nitrogens with zero attached hydrogens (tertiary/aromatic N) is 1. The van der Waals surface area contributed by atoms with E-state index in [0.29, 0.717) is 17.9 Å². The van der Waals surface area contributed by atoms with Crippen molar-refractivity contribution in [3.05, 3.63) is 52.2 Å². The molecular formula is C19H22N2O3S. The normalized spacial score (nSPS) is 16.7. The first-order valence-corrected chi connectivity index (χ1v) is 9.41. The highest BCUT2D eigenvalue weighted by molar-refractivity contribution is 7.10. The van der Waals surface area contributed by atoms with Gasteiger partial charge in [-0.3, -0.25) is 9.59 Å². The van der Waals surface area contributed by atoms with Gasteiger partial charge in [0.25, 0.3) is 5.91 Å². The lowest BCUT2D eigenvalue weighted by Crippen LogP contribution is -2.39. The number of benzene rings is 1. The summed E-state index contributed by atoms with van der Waals surface area (Å²) in [6, 6.07) is 11.3. The van der Waals surface area contributed by atoms with Crippen LogP contribution in [0.4, 0.5) is 0 Å². The number of rotatable bonds is 6.